The molecule has 0 saturated carbocycles. The highest BCUT2D eigenvalue weighted by molar-refractivity contribution is 5.71. The maximum atomic E-state index is 12.7. The van der Waals surface area contributed by atoms with Gasteiger partial charge in [0, 0.05) is 19.3 Å². The van der Waals surface area contributed by atoms with Crippen molar-refractivity contribution in [3.8, 4) is 0 Å². The second-order valence-electron chi connectivity index (χ2n) is 14.7. The van der Waals surface area contributed by atoms with Crippen LogP contribution in [0.4, 0.5) is 0 Å². The van der Waals surface area contributed by atoms with Crippen molar-refractivity contribution in [3.05, 3.63) is 134 Å². The van der Waals surface area contributed by atoms with Crippen LogP contribution in [0.25, 0.3) is 0 Å². The zero-order valence-corrected chi connectivity index (χ0v) is 37.9. The van der Waals surface area contributed by atoms with Crippen molar-refractivity contribution >= 4 is 17.9 Å². The maximum absolute atomic E-state index is 12.7. The number of carbonyl (C=O) groups is 3. The van der Waals surface area contributed by atoms with Gasteiger partial charge in [0.25, 0.3) is 0 Å². The highest BCUT2D eigenvalue weighted by atomic mass is 16.6. The first-order chi connectivity index (χ1) is 29.5. The van der Waals surface area contributed by atoms with Gasteiger partial charge in [0.1, 0.15) is 13.2 Å². The molecule has 60 heavy (non-hydrogen) atoms. The molecule has 0 spiro atoms. The van der Waals surface area contributed by atoms with Crippen molar-refractivity contribution in [1.29, 1.82) is 0 Å². The summed E-state index contributed by atoms with van der Waals surface area (Å²) < 4.78 is 16.7. The van der Waals surface area contributed by atoms with E-state index in [0.717, 1.165) is 128 Å². The fourth-order valence-corrected chi connectivity index (χ4v) is 5.65. The van der Waals surface area contributed by atoms with Gasteiger partial charge in [-0.1, -0.05) is 193 Å². The minimum atomic E-state index is -0.820. The Morgan fingerprint density at radius 3 is 1.15 bits per heavy atom. The third kappa shape index (κ3) is 44.6. The van der Waals surface area contributed by atoms with E-state index in [2.05, 4.69) is 99.8 Å². The lowest BCUT2D eigenvalue weighted by atomic mass is 10.1. The maximum Gasteiger partial charge on any atom is 0.306 e. The topological polar surface area (TPSA) is 78.9 Å². The predicted octanol–water partition coefficient (Wildman–Crippen LogP) is 15.1. The summed E-state index contributed by atoms with van der Waals surface area (Å²) in [6.45, 7) is 6.13. The van der Waals surface area contributed by atoms with Crippen LogP contribution in [-0.2, 0) is 28.6 Å². The Labute approximate surface area is 366 Å². The average Bonchev–Trinajstić information content (AvgIpc) is 3.24. The molecule has 0 saturated heterocycles. The lowest BCUT2D eigenvalue weighted by Crippen LogP contribution is -2.30. The molecule has 1 atom stereocenters. The van der Waals surface area contributed by atoms with E-state index in [-0.39, 0.29) is 37.5 Å². The number of carbonyl (C=O) groups excluding carboxylic acids is 3. The Hall–Kier alpha value is -4.45. The Kier molecular flexibility index (Phi) is 43.7. The van der Waals surface area contributed by atoms with Crippen molar-refractivity contribution in [1.82, 2.24) is 0 Å². The number of hydrogen-bond acceptors (Lipinski definition) is 6. The molecular formula is C54H82O6. The molecular weight excluding hydrogens is 745 g/mol. The average molecular weight is 827 g/mol. The van der Waals surface area contributed by atoms with Crippen LogP contribution in [0.2, 0.25) is 0 Å². The Morgan fingerprint density at radius 1 is 0.350 bits per heavy atom. The summed E-state index contributed by atoms with van der Waals surface area (Å²) in [5.41, 5.74) is 0. The van der Waals surface area contributed by atoms with E-state index < -0.39 is 6.10 Å². The summed E-state index contributed by atoms with van der Waals surface area (Å²) in [6.07, 6.45) is 65.7. The van der Waals surface area contributed by atoms with Crippen LogP contribution < -0.4 is 0 Å². The van der Waals surface area contributed by atoms with Gasteiger partial charge in [-0.3, -0.25) is 14.4 Å². The van der Waals surface area contributed by atoms with Gasteiger partial charge in [0.05, 0.1) is 0 Å². The minimum Gasteiger partial charge on any atom is -0.462 e. The summed E-state index contributed by atoms with van der Waals surface area (Å²) in [5.74, 6) is -1.02. The third-order valence-corrected chi connectivity index (χ3v) is 9.07. The van der Waals surface area contributed by atoms with Crippen LogP contribution >= 0.6 is 0 Å². The second kappa shape index (κ2) is 47.2. The second-order valence-corrected chi connectivity index (χ2v) is 14.7. The van der Waals surface area contributed by atoms with Gasteiger partial charge in [-0.15, -0.1) is 0 Å². The van der Waals surface area contributed by atoms with Gasteiger partial charge in [-0.25, -0.2) is 0 Å². The van der Waals surface area contributed by atoms with E-state index in [0.29, 0.717) is 12.8 Å². The summed E-state index contributed by atoms with van der Waals surface area (Å²) in [6, 6.07) is 0. The van der Waals surface area contributed by atoms with Crippen molar-refractivity contribution < 1.29 is 28.6 Å². The van der Waals surface area contributed by atoms with Crippen molar-refractivity contribution in [2.75, 3.05) is 13.2 Å². The van der Waals surface area contributed by atoms with Crippen LogP contribution in [0.1, 0.15) is 168 Å². The van der Waals surface area contributed by atoms with Gasteiger partial charge in [0.2, 0.25) is 0 Å². The van der Waals surface area contributed by atoms with E-state index in [1.807, 2.05) is 54.7 Å². The van der Waals surface area contributed by atoms with E-state index in [1.165, 1.54) is 0 Å². The predicted molar refractivity (Wildman–Crippen MR) is 256 cm³/mol. The Bertz CT molecular complexity index is 1370. The molecule has 0 bridgehead atoms. The molecule has 334 valence electrons. The van der Waals surface area contributed by atoms with E-state index in [1.54, 1.807) is 0 Å². The highest BCUT2D eigenvalue weighted by Crippen LogP contribution is 2.12. The smallest absolute Gasteiger partial charge is 0.306 e. The summed E-state index contributed by atoms with van der Waals surface area (Å²) in [7, 11) is 0. The summed E-state index contributed by atoms with van der Waals surface area (Å²) >= 11 is 0. The van der Waals surface area contributed by atoms with Gasteiger partial charge >= 0.3 is 17.9 Å². The quantitative estimate of drug-likeness (QED) is 0.0202. The van der Waals surface area contributed by atoms with E-state index in [9.17, 15) is 14.4 Å². The number of unbranched alkanes of at least 4 members (excludes halogenated alkanes) is 12. The normalized spacial score (nSPS) is 13.3. The van der Waals surface area contributed by atoms with Gasteiger partial charge in [0.15, 0.2) is 6.10 Å². The molecule has 0 heterocycles. The van der Waals surface area contributed by atoms with Crippen LogP contribution in [-0.4, -0.2) is 37.2 Å². The first-order valence-electron chi connectivity index (χ1n) is 23.3. The molecule has 0 aliphatic rings. The van der Waals surface area contributed by atoms with Crippen molar-refractivity contribution in [3.63, 3.8) is 0 Å². The molecule has 0 aromatic carbocycles. The van der Waals surface area contributed by atoms with E-state index in [4.69, 9.17) is 14.2 Å². The molecule has 0 aliphatic carbocycles. The molecule has 6 heteroatoms. The lowest BCUT2D eigenvalue weighted by Gasteiger charge is -2.18. The zero-order chi connectivity index (χ0) is 43.7. The number of esters is 3. The molecule has 0 rings (SSSR count). The molecule has 0 aromatic rings. The summed E-state index contributed by atoms with van der Waals surface area (Å²) in [5, 5.41) is 0. The fourth-order valence-electron chi connectivity index (χ4n) is 5.65. The SMILES string of the molecule is CC\C=C/C=C\C=C/C=C\C=C/CCCCCC(=O)OCC(COC(=O)CCCCCCC\C=C/C=C\C=C/CC)OC(=O)CCCCCC/C=C\C/C=C\C/C=C\CC. The minimum absolute atomic E-state index is 0.118. The molecule has 6 nitrogen and oxygen atoms in total. The molecule has 0 aliphatic heterocycles. The standard InChI is InChI=1S/C54H82O6/c1-4-7-10-13-16-19-22-25-27-30-32-35-38-41-44-47-53(56)59-50-51(49-58-52(55)46-43-40-37-34-31-28-24-21-18-15-12-9-6-3)60-54(57)48-45-42-39-36-33-29-26-23-20-17-14-11-8-5-2/h7-13,15-22,24-27,29-30,32,51H,4-6,14,23,28,31,33-50H2,1-3H3/b10-7-,11-8-,12-9-,16-13-,18-15-,20-17-,22-19-,24-21-,27-25-,29-26-,32-30-. The highest BCUT2D eigenvalue weighted by Gasteiger charge is 2.19. The van der Waals surface area contributed by atoms with Gasteiger partial charge < -0.3 is 14.2 Å². The monoisotopic (exact) mass is 827 g/mol. The molecule has 0 fully saturated rings. The van der Waals surface area contributed by atoms with Crippen LogP contribution in [0.5, 0.6) is 0 Å². The number of hydrogen-bond donors (Lipinski definition) is 0. The van der Waals surface area contributed by atoms with Crippen LogP contribution in [0.3, 0.4) is 0 Å². The first-order valence-corrected chi connectivity index (χ1v) is 23.3. The molecule has 0 N–H and O–H groups in total. The van der Waals surface area contributed by atoms with Gasteiger partial charge in [-0.2, -0.15) is 0 Å². The largest absolute Gasteiger partial charge is 0.462 e. The van der Waals surface area contributed by atoms with Crippen LogP contribution in [0.15, 0.2) is 134 Å². The fraction of sp³-hybridized carbons (Fsp3) is 0.537. The molecule has 0 amide bonds. The zero-order valence-electron chi connectivity index (χ0n) is 37.9. The van der Waals surface area contributed by atoms with Crippen molar-refractivity contribution in [2.45, 2.75) is 175 Å². The first kappa shape index (κ1) is 55.5. The van der Waals surface area contributed by atoms with Crippen LogP contribution in [0, 0.1) is 0 Å². The number of ether oxygens (including phenoxy) is 3. The molecule has 0 radical (unpaired) electrons. The molecule has 0 aromatic heterocycles. The Morgan fingerprint density at radius 2 is 0.683 bits per heavy atom. The number of rotatable bonds is 39. The third-order valence-electron chi connectivity index (χ3n) is 9.07. The van der Waals surface area contributed by atoms with E-state index >= 15 is 0 Å². The van der Waals surface area contributed by atoms with Crippen molar-refractivity contribution in [2.24, 2.45) is 0 Å². The number of allylic oxidation sites excluding steroid dienone is 22. The Balaban J connectivity index is 4.58. The lowest BCUT2D eigenvalue weighted by molar-refractivity contribution is -0.167. The molecule has 1 unspecified atom stereocenters. The van der Waals surface area contributed by atoms with Gasteiger partial charge in [-0.05, 0) is 89.9 Å². The summed E-state index contributed by atoms with van der Waals surface area (Å²) in [4.78, 5) is 37.8.